The number of hydrogen-bond acceptors (Lipinski definition) is 3. The van der Waals surface area contributed by atoms with E-state index < -0.39 is 6.23 Å². The number of morpholine rings is 1. The number of aliphatic hydroxyl groups excluding tert-OH is 1. The topological polar surface area (TPSA) is 41.5 Å². The lowest BCUT2D eigenvalue weighted by molar-refractivity contribution is -0.0161. The lowest BCUT2D eigenvalue weighted by Crippen LogP contribution is -2.40. The molecule has 56 valence electrons. The summed E-state index contributed by atoms with van der Waals surface area (Å²) in [6.07, 6.45) is -0.436. The summed E-state index contributed by atoms with van der Waals surface area (Å²) in [5.74, 6) is 0. The summed E-state index contributed by atoms with van der Waals surface area (Å²) in [6.45, 7) is 5.91. The first-order chi connectivity index (χ1) is 4.39. The smallest absolute Gasteiger partial charge is 0.128 e. The molecule has 3 heteroatoms. The van der Waals surface area contributed by atoms with Crippen molar-refractivity contribution in [3.05, 3.63) is 0 Å². The first-order valence-electron chi connectivity index (χ1n) is 3.39. The van der Waals surface area contributed by atoms with Crippen LogP contribution in [0.15, 0.2) is 0 Å². The highest BCUT2D eigenvalue weighted by Gasteiger charge is 2.06. The summed E-state index contributed by atoms with van der Waals surface area (Å²) in [5.41, 5.74) is 0. The van der Waals surface area contributed by atoms with Crippen LogP contribution in [0.2, 0.25) is 0 Å². The highest BCUT2D eigenvalue weighted by Crippen LogP contribution is 1.85. The first-order valence-corrected chi connectivity index (χ1v) is 3.39. The van der Waals surface area contributed by atoms with Gasteiger partial charge in [0.15, 0.2) is 0 Å². The maximum Gasteiger partial charge on any atom is 0.128 e. The number of ether oxygens (including phenoxy) is 1. The second kappa shape index (κ2) is 6.01. The molecule has 9 heavy (non-hydrogen) atoms. The Morgan fingerprint density at radius 3 is 2.44 bits per heavy atom. The predicted molar refractivity (Wildman–Crippen MR) is 36.2 cm³/mol. The Kier molecular flexibility index (Phi) is 5.93. The molecule has 0 aromatic rings. The minimum Gasteiger partial charge on any atom is -0.376 e. The van der Waals surface area contributed by atoms with E-state index in [0.717, 1.165) is 13.2 Å². The fourth-order valence-corrected chi connectivity index (χ4v) is 0.552. The monoisotopic (exact) mass is 133 g/mol. The molecular weight excluding hydrogens is 118 g/mol. The number of nitrogens with one attached hydrogen (secondary N) is 1. The van der Waals surface area contributed by atoms with E-state index in [4.69, 9.17) is 9.84 Å². The molecule has 0 radical (unpaired) electrons. The maximum atomic E-state index is 8.67. The van der Waals surface area contributed by atoms with Crippen molar-refractivity contribution in [1.82, 2.24) is 5.32 Å². The lowest BCUT2D eigenvalue weighted by atomic mass is 10.5. The van der Waals surface area contributed by atoms with Crippen LogP contribution in [-0.2, 0) is 4.74 Å². The third-order valence-electron chi connectivity index (χ3n) is 0.902. The average molecular weight is 133 g/mol. The van der Waals surface area contributed by atoms with E-state index in [1.165, 1.54) is 0 Å². The lowest BCUT2D eigenvalue weighted by Gasteiger charge is -2.17. The minimum absolute atomic E-state index is 0.431. The Balaban J connectivity index is 0.000000291. The van der Waals surface area contributed by atoms with Gasteiger partial charge in [-0.05, 0) is 0 Å². The zero-order chi connectivity index (χ0) is 7.11. The van der Waals surface area contributed by atoms with Gasteiger partial charge in [0.1, 0.15) is 6.23 Å². The van der Waals surface area contributed by atoms with Gasteiger partial charge in [-0.2, -0.15) is 0 Å². The van der Waals surface area contributed by atoms with Gasteiger partial charge in [-0.25, -0.2) is 0 Å². The number of hydrogen-bond donors (Lipinski definition) is 2. The van der Waals surface area contributed by atoms with Crippen molar-refractivity contribution < 1.29 is 9.84 Å². The summed E-state index contributed by atoms with van der Waals surface area (Å²) >= 11 is 0. The van der Waals surface area contributed by atoms with Gasteiger partial charge in [-0.1, -0.05) is 13.8 Å². The van der Waals surface area contributed by atoms with Crippen molar-refractivity contribution >= 4 is 0 Å². The Bertz CT molecular complexity index is 53.0. The van der Waals surface area contributed by atoms with E-state index in [2.05, 4.69) is 5.32 Å². The van der Waals surface area contributed by atoms with Crippen molar-refractivity contribution in [3.8, 4) is 0 Å². The normalized spacial score (nSPS) is 26.3. The largest absolute Gasteiger partial charge is 0.376 e. The molecule has 3 nitrogen and oxygen atoms in total. The molecular formula is C6H15NO2. The third-order valence-corrected chi connectivity index (χ3v) is 0.902. The molecule has 1 unspecified atom stereocenters. The fourth-order valence-electron chi connectivity index (χ4n) is 0.552. The van der Waals surface area contributed by atoms with Crippen LogP contribution in [0, 0.1) is 0 Å². The van der Waals surface area contributed by atoms with E-state index in [0.29, 0.717) is 6.61 Å². The Hall–Kier alpha value is -0.120. The summed E-state index contributed by atoms with van der Waals surface area (Å²) in [6, 6.07) is 0. The van der Waals surface area contributed by atoms with E-state index in [-0.39, 0.29) is 0 Å². The third kappa shape index (κ3) is 4.39. The molecule has 0 saturated carbocycles. The van der Waals surface area contributed by atoms with Gasteiger partial charge >= 0.3 is 0 Å². The summed E-state index contributed by atoms with van der Waals surface area (Å²) in [7, 11) is 0. The summed E-state index contributed by atoms with van der Waals surface area (Å²) in [4.78, 5) is 0. The van der Waals surface area contributed by atoms with E-state index >= 15 is 0 Å². The van der Waals surface area contributed by atoms with Gasteiger partial charge in [0, 0.05) is 6.54 Å². The second-order valence-corrected chi connectivity index (χ2v) is 1.54. The zero-order valence-electron chi connectivity index (χ0n) is 6.05. The van der Waals surface area contributed by atoms with Crippen LogP contribution < -0.4 is 5.32 Å². The zero-order valence-corrected chi connectivity index (χ0v) is 6.05. The predicted octanol–water partition coefficient (Wildman–Crippen LogP) is -0.0492. The Morgan fingerprint density at radius 1 is 1.56 bits per heavy atom. The Labute approximate surface area is 56.0 Å². The van der Waals surface area contributed by atoms with Crippen molar-refractivity contribution in [2.24, 2.45) is 0 Å². The molecule has 1 heterocycles. The van der Waals surface area contributed by atoms with Crippen molar-refractivity contribution in [3.63, 3.8) is 0 Å². The molecule has 0 aromatic heterocycles. The second-order valence-electron chi connectivity index (χ2n) is 1.54. The van der Waals surface area contributed by atoms with Crippen LogP contribution in [0.5, 0.6) is 0 Å². The molecule has 0 aliphatic carbocycles. The van der Waals surface area contributed by atoms with Crippen molar-refractivity contribution in [1.29, 1.82) is 0 Å². The van der Waals surface area contributed by atoms with Crippen LogP contribution >= 0.6 is 0 Å². The molecule has 2 N–H and O–H groups in total. The molecule has 1 saturated heterocycles. The van der Waals surface area contributed by atoms with Gasteiger partial charge in [0.05, 0.1) is 13.2 Å². The van der Waals surface area contributed by atoms with Crippen LogP contribution in [0.4, 0.5) is 0 Å². The van der Waals surface area contributed by atoms with Crippen LogP contribution in [0.3, 0.4) is 0 Å². The van der Waals surface area contributed by atoms with Crippen LogP contribution in [-0.4, -0.2) is 31.1 Å². The standard InChI is InChI=1S/C4H9NO2.C2H6/c6-4-3-7-2-1-5-4;1-2/h4-6H,1-3H2;1-2H3. The van der Waals surface area contributed by atoms with Crippen molar-refractivity contribution in [2.75, 3.05) is 19.8 Å². The van der Waals surface area contributed by atoms with Gasteiger partial charge in [0.25, 0.3) is 0 Å². The minimum atomic E-state index is -0.436. The molecule has 1 aliphatic rings. The van der Waals surface area contributed by atoms with Crippen LogP contribution in [0.1, 0.15) is 13.8 Å². The average Bonchev–Trinajstić information content (AvgIpc) is 1.94. The fraction of sp³-hybridized carbons (Fsp3) is 1.00. The van der Waals surface area contributed by atoms with Gasteiger partial charge in [0.2, 0.25) is 0 Å². The molecule has 1 aliphatic heterocycles. The summed E-state index contributed by atoms with van der Waals surface area (Å²) in [5, 5.41) is 11.5. The van der Waals surface area contributed by atoms with Gasteiger partial charge < -0.3 is 9.84 Å². The van der Waals surface area contributed by atoms with E-state index in [1.807, 2.05) is 13.8 Å². The highest BCUT2D eigenvalue weighted by atomic mass is 16.5. The number of rotatable bonds is 0. The molecule has 1 fully saturated rings. The van der Waals surface area contributed by atoms with E-state index in [1.54, 1.807) is 0 Å². The molecule has 0 aromatic carbocycles. The number of aliphatic hydroxyl groups is 1. The first kappa shape index (κ1) is 8.88. The SMILES string of the molecule is CC.OC1COCCN1. The molecule has 0 amide bonds. The highest BCUT2D eigenvalue weighted by molar-refractivity contribution is 4.55. The molecule has 1 rings (SSSR count). The van der Waals surface area contributed by atoms with Gasteiger partial charge in [-0.15, -0.1) is 0 Å². The Morgan fingerprint density at radius 2 is 2.22 bits per heavy atom. The molecule has 0 spiro atoms. The molecule has 1 atom stereocenters. The quantitative estimate of drug-likeness (QED) is 0.487. The van der Waals surface area contributed by atoms with E-state index in [9.17, 15) is 0 Å². The molecule has 0 bridgehead atoms. The van der Waals surface area contributed by atoms with Crippen LogP contribution in [0.25, 0.3) is 0 Å². The maximum absolute atomic E-state index is 8.67. The van der Waals surface area contributed by atoms with Gasteiger partial charge in [-0.3, -0.25) is 5.32 Å². The summed E-state index contributed by atoms with van der Waals surface area (Å²) < 4.78 is 4.87. The van der Waals surface area contributed by atoms with Crippen molar-refractivity contribution in [2.45, 2.75) is 20.1 Å².